The number of carbonyl (C=O) groups is 1. The lowest BCUT2D eigenvalue weighted by Gasteiger charge is -2.31. The largest absolute Gasteiger partial charge is 0.478 e. The summed E-state index contributed by atoms with van der Waals surface area (Å²) in [5.74, 6) is -0.816. The topological polar surface area (TPSA) is 138 Å². The fourth-order valence-corrected chi connectivity index (χ4v) is 6.83. The smallest absolute Gasteiger partial charge is 0.336 e. The summed E-state index contributed by atoms with van der Waals surface area (Å²) < 4.78 is 38.9. The summed E-state index contributed by atoms with van der Waals surface area (Å²) in [6.45, 7) is 2.33. The monoisotopic (exact) mass is 644 g/mol. The number of hydrogen-bond donors (Lipinski definition) is 5. The minimum atomic E-state index is -1.00. The van der Waals surface area contributed by atoms with E-state index >= 15 is 0 Å². The van der Waals surface area contributed by atoms with Gasteiger partial charge in [-0.05, 0) is 79.7 Å². The van der Waals surface area contributed by atoms with Gasteiger partial charge in [-0.15, -0.1) is 0 Å². The Bertz CT molecular complexity index is 1410. The Hall–Kier alpha value is -3.03. The SMILES string of the molecule is CCCSC1=NC(CCC2CC2Cc2ccc(F)c(F)c2)=C(N)C(N[C@@H]2C[C@H](COCc3ccccc3C(=O)O)O[C@H]2CO)N1. The lowest BCUT2D eigenvalue weighted by atomic mass is 10.0. The molecule has 244 valence electrons. The van der Waals surface area contributed by atoms with Crippen molar-refractivity contribution in [2.75, 3.05) is 19.0 Å². The van der Waals surface area contributed by atoms with Crippen LogP contribution in [-0.4, -0.2) is 64.7 Å². The molecule has 2 heterocycles. The highest BCUT2D eigenvalue weighted by molar-refractivity contribution is 8.13. The normalized spacial score (nSPS) is 26.1. The Labute approximate surface area is 266 Å². The molecule has 1 aliphatic carbocycles. The standard InChI is InChI=1S/C33H42F2N4O5S/c1-2-11-45-33-38-27(10-8-20-14-22(20)12-19-7-9-25(34)26(35)13-19)30(36)31(39-33)37-28-15-23(44-29(28)16-40)18-43-17-21-5-3-4-6-24(21)32(41)42/h3-7,9,13,20,22-23,28-29,31,37,40H,2,8,10-12,14-18,36H2,1H3,(H,38,39)(H,41,42)/t20?,22?,23-,28-,29+,31?/m1/s1. The first-order valence-corrected chi connectivity index (χ1v) is 16.6. The van der Waals surface area contributed by atoms with E-state index in [1.54, 1.807) is 42.1 Å². The zero-order chi connectivity index (χ0) is 31.9. The molecule has 0 spiro atoms. The molecule has 6 atom stereocenters. The summed E-state index contributed by atoms with van der Waals surface area (Å²) in [6, 6.07) is 10.7. The number of aliphatic imine (C=N–C) groups is 1. The van der Waals surface area contributed by atoms with Gasteiger partial charge in [-0.25, -0.2) is 18.6 Å². The highest BCUT2D eigenvalue weighted by Crippen LogP contribution is 2.45. The van der Waals surface area contributed by atoms with Gasteiger partial charge in [0, 0.05) is 11.8 Å². The molecular weight excluding hydrogens is 602 g/mol. The molecule has 9 nitrogen and oxygen atoms in total. The molecule has 2 fully saturated rings. The first kappa shape index (κ1) is 33.3. The van der Waals surface area contributed by atoms with Crippen LogP contribution in [0.3, 0.4) is 0 Å². The number of aliphatic hydroxyl groups is 1. The molecular formula is C33H42F2N4O5S. The number of thioether (sulfide) groups is 1. The fourth-order valence-electron chi connectivity index (χ4n) is 6.05. The van der Waals surface area contributed by atoms with E-state index in [-0.39, 0.29) is 43.7 Å². The number of ether oxygens (including phenoxy) is 2. The van der Waals surface area contributed by atoms with Gasteiger partial charge in [-0.2, -0.15) is 0 Å². The molecule has 0 bridgehead atoms. The van der Waals surface area contributed by atoms with E-state index in [1.165, 1.54) is 12.1 Å². The quantitative estimate of drug-likeness (QED) is 0.189. The van der Waals surface area contributed by atoms with Crippen LogP contribution < -0.4 is 16.4 Å². The first-order chi connectivity index (χ1) is 21.7. The van der Waals surface area contributed by atoms with Crippen LogP contribution >= 0.6 is 11.8 Å². The number of aliphatic hydroxyl groups excluding tert-OH is 1. The second kappa shape index (κ2) is 15.5. The van der Waals surface area contributed by atoms with Crippen molar-refractivity contribution in [3.63, 3.8) is 0 Å². The van der Waals surface area contributed by atoms with Crippen molar-refractivity contribution in [3.8, 4) is 0 Å². The number of nitrogens with two attached hydrogens (primary N) is 1. The minimum absolute atomic E-state index is 0.143. The van der Waals surface area contributed by atoms with Crippen LogP contribution in [0.5, 0.6) is 0 Å². The Balaban J connectivity index is 1.17. The zero-order valence-corrected chi connectivity index (χ0v) is 26.2. The number of benzene rings is 2. The molecule has 2 aromatic carbocycles. The molecule has 0 aromatic heterocycles. The van der Waals surface area contributed by atoms with Crippen molar-refractivity contribution in [2.24, 2.45) is 22.6 Å². The number of nitrogens with one attached hydrogen (secondary N) is 2. The molecule has 0 radical (unpaired) electrons. The molecule has 1 saturated heterocycles. The lowest BCUT2D eigenvalue weighted by molar-refractivity contribution is -0.0384. The third-order valence-electron chi connectivity index (χ3n) is 8.60. The van der Waals surface area contributed by atoms with Crippen LogP contribution in [0.4, 0.5) is 8.78 Å². The molecule has 12 heteroatoms. The third kappa shape index (κ3) is 8.82. The summed E-state index contributed by atoms with van der Waals surface area (Å²) in [4.78, 5) is 16.3. The van der Waals surface area contributed by atoms with E-state index in [0.29, 0.717) is 35.9 Å². The van der Waals surface area contributed by atoms with Gasteiger partial charge in [0.05, 0.1) is 49.0 Å². The van der Waals surface area contributed by atoms with Crippen LogP contribution in [0.15, 0.2) is 58.9 Å². The molecule has 6 N–H and O–H groups in total. The van der Waals surface area contributed by atoms with Crippen LogP contribution in [0, 0.1) is 23.5 Å². The van der Waals surface area contributed by atoms with Crippen LogP contribution in [0.25, 0.3) is 0 Å². The summed E-state index contributed by atoms with van der Waals surface area (Å²) in [6.07, 6.45) is 3.81. The number of allylic oxidation sites excluding steroid dienone is 1. The number of nitrogens with zero attached hydrogens (tertiary/aromatic N) is 1. The van der Waals surface area contributed by atoms with Gasteiger partial charge < -0.3 is 30.7 Å². The molecule has 1 saturated carbocycles. The van der Waals surface area contributed by atoms with Gasteiger partial charge in [0.2, 0.25) is 0 Å². The maximum Gasteiger partial charge on any atom is 0.336 e. The van der Waals surface area contributed by atoms with Crippen LogP contribution in [0.1, 0.15) is 60.5 Å². The predicted octanol–water partition coefficient (Wildman–Crippen LogP) is 4.55. The van der Waals surface area contributed by atoms with E-state index in [4.69, 9.17) is 20.2 Å². The number of aromatic carboxylic acids is 1. The van der Waals surface area contributed by atoms with E-state index < -0.39 is 23.7 Å². The molecule has 3 unspecified atom stereocenters. The lowest BCUT2D eigenvalue weighted by Crippen LogP contribution is -2.56. The van der Waals surface area contributed by atoms with E-state index in [2.05, 4.69) is 17.6 Å². The number of carboxylic acid groups (broad SMARTS) is 1. The maximum atomic E-state index is 13.6. The van der Waals surface area contributed by atoms with Gasteiger partial charge in [0.15, 0.2) is 16.8 Å². The van der Waals surface area contributed by atoms with Crippen LogP contribution in [0.2, 0.25) is 0 Å². The van der Waals surface area contributed by atoms with Crippen molar-refractivity contribution in [2.45, 2.75) is 76.5 Å². The van der Waals surface area contributed by atoms with E-state index in [0.717, 1.165) is 47.9 Å². The second-order valence-corrected chi connectivity index (χ2v) is 13.0. The second-order valence-electron chi connectivity index (χ2n) is 12.0. The Morgan fingerprint density at radius 2 is 2.02 bits per heavy atom. The average molecular weight is 645 g/mol. The van der Waals surface area contributed by atoms with Crippen LogP contribution in [-0.2, 0) is 22.5 Å². The molecule has 2 aliphatic heterocycles. The Morgan fingerprint density at radius 3 is 2.78 bits per heavy atom. The molecule has 45 heavy (non-hydrogen) atoms. The highest BCUT2D eigenvalue weighted by Gasteiger charge is 2.39. The number of hydrogen-bond acceptors (Lipinski definition) is 9. The van der Waals surface area contributed by atoms with Crippen molar-refractivity contribution in [1.29, 1.82) is 0 Å². The number of amidine groups is 1. The summed E-state index contributed by atoms with van der Waals surface area (Å²) in [5.41, 5.74) is 9.73. The fraction of sp³-hybridized carbons (Fsp3) is 0.515. The molecule has 5 rings (SSSR count). The maximum absolute atomic E-state index is 13.6. The number of carboxylic acids is 1. The zero-order valence-electron chi connectivity index (χ0n) is 25.4. The van der Waals surface area contributed by atoms with Gasteiger partial charge in [0.25, 0.3) is 0 Å². The van der Waals surface area contributed by atoms with Crippen molar-refractivity contribution >= 4 is 22.9 Å². The van der Waals surface area contributed by atoms with Gasteiger partial charge in [-0.3, -0.25) is 5.32 Å². The number of rotatable bonds is 15. The Kier molecular flexibility index (Phi) is 11.5. The summed E-state index contributed by atoms with van der Waals surface area (Å²) >= 11 is 1.64. The van der Waals surface area contributed by atoms with Crippen molar-refractivity contribution in [3.05, 3.63) is 82.2 Å². The van der Waals surface area contributed by atoms with Crippen molar-refractivity contribution < 1.29 is 33.3 Å². The minimum Gasteiger partial charge on any atom is -0.478 e. The summed E-state index contributed by atoms with van der Waals surface area (Å²) in [5, 5.41) is 27.3. The van der Waals surface area contributed by atoms with Crippen molar-refractivity contribution in [1.82, 2.24) is 10.6 Å². The predicted molar refractivity (Wildman–Crippen MR) is 170 cm³/mol. The third-order valence-corrected chi connectivity index (χ3v) is 9.69. The average Bonchev–Trinajstić information content (AvgIpc) is 3.65. The van der Waals surface area contributed by atoms with Gasteiger partial charge in [0.1, 0.15) is 6.17 Å². The number of halogens is 2. The van der Waals surface area contributed by atoms with Gasteiger partial charge >= 0.3 is 5.97 Å². The first-order valence-electron chi connectivity index (χ1n) is 15.6. The Morgan fingerprint density at radius 1 is 1.20 bits per heavy atom. The molecule has 2 aromatic rings. The summed E-state index contributed by atoms with van der Waals surface area (Å²) in [7, 11) is 0. The van der Waals surface area contributed by atoms with E-state index in [9.17, 15) is 23.8 Å². The molecule has 3 aliphatic rings. The molecule has 0 amide bonds. The highest BCUT2D eigenvalue weighted by atomic mass is 32.2. The van der Waals surface area contributed by atoms with Gasteiger partial charge in [-0.1, -0.05) is 43.0 Å². The van der Waals surface area contributed by atoms with E-state index in [1.807, 2.05) is 0 Å².